The summed E-state index contributed by atoms with van der Waals surface area (Å²) < 4.78 is 17.9. The number of nitrogens with zero attached hydrogens (tertiary/aromatic N) is 2. The summed E-state index contributed by atoms with van der Waals surface area (Å²) in [6, 6.07) is 4.04. The molecular weight excluding hydrogens is 245 g/mol. The first kappa shape index (κ1) is 12.0. The van der Waals surface area contributed by atoms with Crippen molar-refractivity contribution in [1.29, 1.82) is 0 Å². The van der Waals surface area contributed by atoms with Gasteiger partial charge in [0, 0.05) is 12.0 Å². The summed E-state index contributed by atoms with van der Waals surface area (Å²) in [5, 5.41) is 4.06. The van der Waals surface area contributed by atoms with Crippen LogP contribution in [0.2, 0.25) is 5.02 Å². The SMILES string of the molecule is NCCCc1nc(-c2ccc(F)cc2Cl)no1. The van der Waals surface area contributed by atoms with Crippen molar-refractivity contribution in [2.24, 2.45) is 5.73 Å². The normalized spacial score (nSPS) is 10.8. The lowest BCUT2D eigenvalue weighted by molar-refractivity contribution is 0.376. The van der Waals surface area contributed by atoms with Crippen LogP contribution < -0.4 is 5.73 Å². The van der Waals surface area contributed by atoms with E-state index in [-0.39, 0.29) is 5.02 Å². The molecule has 1 aromatic carbocycles. The molecule has 2 rings (SSSR count). The smallest absolute Gasteiger partial charge is 0.227 e. The Kier molecular flexibility index (Phi) is 3.71. The van der Waals surface area contributed by atoms with Crippen LogP contribution >= 0.6 is 11.6 Å². The van der Waals surface area contributed by atoms with E-state index in [4.69, 9.17) is 21.9 Å². The Morgan fingerprint density at radius 3 is 2.94 bits per heavy atom. The summed E-state index contributed by atoms with van der Waals surface area (Å²) >= 11 is 5.90. The molecule has 2 aromatic rings. The van der Waals surface area contributed by atoms with Crippen LogP contribution in [0.15, 0.2) is 22.7 Å². The lowest BCUT2D eigenvalue weighted by Gasteiger charge is -1.97. The van der Waals surface area contributed by atoms with Gasteiger partial charge >= 0.3 is 0 Å². The molecule has 0 aliphatic rings. The number of aryl methyl sites for hydroxylation is 1. The molecule has 2 N–H and O–H groups in total. The highest BCUT2D eigenvalue weighted by Crippen LogP contribution is 2.26. The first-order chi connectivity index (χ1) is 8.20. The van der Waals surface area contributed by atoms with Crippen molar-refractivity contribution in [1.82, 2.24) is 10.1 Å². The van der Waals surface area contributed by atoms with Gasteiger partial charge in [0.1, 0.15) is 5.82 Å². The Bertz CT molecular complexity index is 515. The fourth-order valence-electron chi connectivity index (χ4n) is 1.39. The largest absolute Gasteiger partial charge is 0.339 e. The molecule has 0 aliphatic heterocycles. The molecule has 0 saturated heterocycles. The van der Waals surface area contributed by atoms with E-state index in [9.17, 15) is 4.39 Å². The van der Waals surface area contributed by atoms with E-state index in [0.717, 1.165) is 6.42 Å². The molecule has 1 aromatic heterocycles. The van der Waals surface area contributed by atoms with Gasteiger partial charge in [0.2, 0.25) is 11.7 Å². The highest BCUT2D eigenvalue weighted by molar-refractivity contribution is 6.33. The molecule has 17 heavy (non-hydrogen) atoms. The summed E-state index contributed by atoms with van der Waals surface area (Å²) in [6.45, 7) is 0.565. The second kappa shape index (κ2) is 5.25. The van der Waals surface area contributed by atoms with Crippen molar-refractivity contribution >= 4 is 11.6 Å². The van der Waals surface area contributed by atoms with E-state index in [1.807, 2.05) is 0 Å². The van der Waals surface area contributed by atoms with Crippen LogP contribution in [0.5, 0.6) is 0 Å². The van der Waals surface area contributed by atoms with Gasteiger partial charge in [-0.3, -0.25) is 0 Å². The second-order valence-electron chi connectivity index (χ2n) is 3.53. The van der Waals surface area contributed by atoms with Crippen molar-refractivity contribution < 1.29 is 8.91 Å². The van der Waals surface area contributed by atoms with Crippen molar-refractivity contribution in [3.8, 4) is 11.4 Å². The fraction of sp³-hybridized carbons (Fsp3) is 0.273. The lowest BCUT2D eigenvalue weighted by atomic mass is 10.2. The first-order valence-corrected chi connectivity index (χ1v) is 5.56. The minimum atomic E-state index is -0.398. The molecule has 0 unspecified atom stereocenters. The predicted molar refractivity (Wildman–Crippen MR) is 62.1 cm³/mol. The molecule has 0 aliphatic carbocycles. The molecule has 0 bridgehead atoms. The van der Waals surface area contributed by atoms with E-state index < -0.39 is 5.82 Å². The Labute approximate surface area is 103 Å². The number of benzene rings is 1. The summed E-state index contributed by atoms with van der Waals surface area (Å²) in [4.78, 5) is 4.17. The second-order valence-corrected chi connectivity index (χ2v) is 3.94. The number of aromatic nitrogens is 2. The summed E-state index contributed by atoms with van der Waals surface area (Å²) in [5.74, 6) is 0.471. The number of hydrogen-bond donors (Lipinski definition) is 1. The van der Waals surface area contributed by atoms with Crippen molar-refractivity contribution in [3.05, 3.63) is 34.9 Å². The zero-order chi connectivity index (χ0) is 12.3. The number of rotatable bonds is 4. The van der Waals surface area contributed by atoms with Gasteiger partial charge in [-0.15, -0.1) is 0 Å². The highest BCUT2D eigenvalue weighted by atomic mass is 35.5. The highest BCUT2D eigenvalue weighted by Gasteiger charge is 2.12. The monoisotopic (exact) mass is 255 g/mol. The van der Waals surface area contributed by atoms with Crippen LogP contribution in [0, 0.1) is 5.82 Å². The van der Waals surface area contributed by atoms with Gasteiger partial charge < -0.3 is 10.3 Å². The third-order valence-electron chi connectivity index (χ3n) is 2.23. The Hall–Kier alpha value is -1.46. The number of hydrogen-bond acceptors (Lipinski definition) is 4. The van der Waals surface area contributed by atoms with Crippen LogP contribution in [0.3, 0.4) is 0 Å². The van der Waals surface area contributed by atoms with E-state index in [0.29, 0.717) is 30.2 Å². The molecule has 4 nitrogen and oxygen atoms in total. The van der Waals surface area contributed by atoms with Crippen molar-refractivity contribution in [2.75, 3.05) is 6.54 Å². The fourth-order valence-corrected chi connectivity index (χ4v) is 1.64. The summed E-state index contributed by atoms with van der Waals surface area (Å²) in [6.07, 6.45) is 1.40. The third kappa shape index (κ3) is 2.81. The summed E-state index contributed by atoms with van der Waals surface area (Å²) in [5.41, 5.74) is 5.93. The zero-order valence-corrected chi connectivity index (χ0v) is 9.75. The molecule has 0 radical (unpaired) electrons. The van der Waals surface area contributed by atoms with E-state index >= 15 is 0 Å². The number of nitrogens with two attached hydrogens (primary N) is 1. The van der Waals surface area contributed by atoms with Crippen LogP contribution in [0.1, 0.15) is 12.3 Å². The van der Waals surface area contributed by atoms with E-state index in [2.05, 4.69) is 10.1 Å². The minimum Gasteiger partial charge on any atom is -0.339 e. The quantitative estimate of drug-likeness (QED) is 0.911. The predicted octanol–water partition coefficient (Wildman–Crippen LogP) is 2.42. The average molecular weight is 256 g/mol. The Morgan fingerprint density at radius 2 is 2.24 bits per heavy atom. The molecule has 1 heterocycles. The van der Waals surface area contributed by atoms with Crippen LogP contribution in [-0.2, 0) is 6.42 Å². The van der Waals surface area contributed by atoms with Crippen LogP contribution in [-0.4, -0.2) is 16.7 Å². The maximum Gasteiger partial charge on any atom is 0.227 e. The average Bonchev–Trinajstić information content (AvgIpc) is 2.75. The molecule has 0 saturated carbocycles. The Morgan fingerprint density at radius 1 is 1.41 bits per heavy atom. The van der Waals surface area contributed by atoms with Gasteiger partial charge in [-0.25, -0.2) is 4.39 Å². The van der Waals surface area contributed by atoms with Crippen molar-refractivity contribution in [3.63, 3.8) is 0 Å². The maximum absolute atomic E-state index is 12.9. The molecule has 6 heteroatoms. The molecule has 0 atom stereocenters. The Balaban J connectivity index is 2.24. The minimum absolute atomic E-state index is 0.260. The van der Waals surface area contributed by atoms with Crippen molar-refractivity contribution in [2.45, 2.75) is 12.8 Å². The first-order valence-electron chi connectivity index (χ1n) is 5.19. The zero-order valence-electron chi connectivity index (χ0n) is 8.99. The number of halogens is 2. The molecule has 0 fully saturated rings. The summed E-state index contributed by atoms with van der Waals surface area (Å²) in [7, 11) is 0. The molecule has 0 amide bonds. The van der Waals surface area contributed by atoms with E-state index in [1.54, 1.807) is 0 Å². The van der Waals surface area contributed by atoms with Gasteiger partial charge in [-0.2, -0.15) is 4.98 Å². The van der Waals surface area contributed by atoms with Crippen LogP contribution in [0.25, 0.3) is 11.4 Å². The molecular formula is C11H11ClFN3O. The topological polar surface area (TPSA) is 64.9 Å². The lowest BCUT2D eigenvalue weighted by Crippen LogP contribution is -2.00. The maximum atomic E-state index is 12.9. The van der Waals surface area contributed by atoms with E-state index in [1.165, 1.54) is 18.2 Å². The molecule has 90 valence electrons. The van der Waals surface area contributed by atoms with Gasteiger partial charge in [-0.05, 0) is 31.2 Å². The van der Waals surface area contributed by atoms with Gasteiger partial charge in [0.25, 0.3) is 0 Å². The van der Waals surface area contributed by atoms with Gasteiger partial charge in [0.15, 0.2) is 0 Å². The molecule has 0 spiro atoms. The van der Waals surface area contributed by atoms with Gasteiger partial charge in [0.05, 0.1) is 5.02 Å². The third-order valence-corrected chi connectivity index (χ3v) is 2.55. The van der Waals surface area contributed by atoms with Crippen LogP contribution in [0.4, 0.5) is 4.39 Å². The van der Waals surface area contributed by atoms with Gasteiger partial charge in [-0.1, -0.05) is 16.8 Å². The standard InChI is InChI=1S/C11H11ClFN3O/c12-9-6-7(13)3-4-8(9)11-15-10(17-16-11)2-1-5-14/h3-4,6H,1-2,5,14H2.